The maximum absolute atomic E-state index is 13.9. The van der Waals surface area contributed by atoms with E-state index in [1.165, 1.54) is 18.2 Å². The molecular formula is C21H18F4N6O2. The molecule has 3 atom stereocenters. The molecule has 3 aromatic rings. The molecule has 2 bridgehead atoms. The van der Waals surface area contributed by atoms with Gasteiger partial charge in [-0.3, -0.25) is 4.79 Å². The number of hydrogen-bond acceptors (Lipinski definition) is 7. The molecular weight excluding hydrogens is 444 g/mol. The minimum absolute atomic E-state index is 0.0524. The summed E-state index contributed by atoms with van der Waals surface area (Å²) in [5.41, 5.74) is -0.616. The normalized spacial score (nSPS) is 22.1. The molecule has 0 spiro atoms. The van der Waals surface area contributed by atoms with E-state index >= 15 is 0 Å². The van der Waals surface area contributed by atoms with Crippen LogP contribution < -0.4 is 5.32 Å². The third-order valence-corrected chi connectivity index (χ3v) is 6.02. The van der Waals surface area contributed by atoms with E-state index in [1.807, 2.05) is 0 Å². The number of nitrogens with one attached hydrogen (secondary N) is 1. The monoisotopic (exact) mass is 462 g/mol. The van der Waals surface area contributed by atoms with Gasteiger partial charge in [0.15, 0.2) is 11.5 Å². The highest BCUT2D eigenvalue weighted by atomic mass is 19.4. The average Bonchev–Trinajstić information content (AvgIpc) is 3.47. The molecule has 1 aromatic carbocycles. The molecule has 2 aliphatic rings. The van der Waals surface area contributed by atoms with E-state index in [-0.39, 0.29) is 46.9 Å². The molecule has 172 valence electrons. The van der Waals surface area contributed by atoms with Crippen molar-refractivity contribution in [2.24, 2.45) is 0 Å². The van der Waals surface area contributed by atoms with E-state index in [0.717, 1.165) is 19.0 Å². The van der Waals surface area contributed by atoms with Crippen molar-refractivity contribution in [3.63, 3.8) is 0 Å². The Bertz CT molecular complexity index is 1200. The Balaban J connectivity index is 1.38. The van der Waals surface area contributed by atoms with Crippen molar-refractivity contribution < 1.29 is 26.9 Å². The maximum atomic E-state index is 13.9. The topological polar surface area (TPSA) is 97.0 Å². The van der Waals surface area contributed by atoms with Crippen LogP contribution in [-0.4, -0.2) is 49.0 Å². The smallest absolute Gasteiger partial charge is 0.364 e. The van der Waals surface area contributed by atoms with Gasteiger partial charge in [-0.25, -0.2) is 14.4 Å². The van der Waals surface area contributed by atoms with Crippen LogP contribution in [0.4, 0.5) is 23.4 Å². The van der Waals surface area contributed by atoms with Crippen LogP contribution in [0.2, 0.25) is 0 Å². The first-order valence-electron chi connectivity index (χ1n) is 10.3. The summed E-state index contributed by atoms with van der Waals surface area (Å²) in [6, 6.07) is 3.32. The Morgan fingerprint density at radius 2 is 2.03 bits per heavy atom. The fourth-order valence-electron chi connectivity index (χ4n) is 4.62. The van der Waals surface area contributed by atoms with Gasteiger partial charge in [-0.05, 0) is 44.4 Å². The van der Waals surface area contributed by atoms with Gasteiger partial charge in [-0.2, -0.15) is 18.2 Å². The summed E-state index contributed by atoms with van der Waals surface area (Å²) in [6.07, 6.45) is -0.728. The molecule has 8 nitrogen and oxygen atoms in total. The number of rotatable bonds is 4. The molecule has 1 N–H and O–H groups in total. The van der Waals surface area contributed by atoms with Gasteiger partial charge in [0.05, 0.1) is 35.6 Å². The minimum Gasteiger partial charge on any atom is -0.364 e. The second kappa shape index (κ2) is 7.78. The molecule has 2 aromatic heterocycles. The largest absolute Gasteiger partial charge is 0.434 e. The molecule has 2 fully saturated rings. The second-order valence-corrected chi connectivity index (χ2v) is 8.12. The number of alkyl halides is 3. The zero-order valence-corrected chi connectivity index (χ0v) is 17.3. The van der Waals surface area contributed by atoms with Gasteiger partial charge < -0.3 is 14.7 Å². The van der Waals surface area contributed by atoms with Gasteiger partial charge in [-0.15, -0.1) is 0 Å². The molecule has 0 radical (unpaired) electrons. The lowest BCUT2D eigenvalue weighted by molar-refractivity contribution is -0.141. The van der Waals surface area contributed by atoms with Crippen molar-refractivity contribution in [3.05, 3.63) is 53.5 Å². The molecule has 12 heteroatoms. The summed E-state index contributed by atoms with van der Waals surface area (Å²) in [4.78, 5) is 26.6. The van der Waals surface area contributed by atoms with Crippen molar-refractivity contribution in [1.82, 2.24) is 25.0 Å². The Morgan fingerprint density at radius 1 is 1.21 bits per heavy atom. The number of carbonyl (C=O) groups is 1. The molecule has 0 unspecified atom stereocenters. The number of fused-ring (bicyclic) bond motifs is 2. The lowest BCUT2D eigenvalue weighted by Crippen LogP contribution is -2.40. The summed E-state index contributed by atoms with van der Waals surface area (Å²) < 4.78 is 57.3. The first kappa shape index (κ1) is 21.3. The average molecular weight is 462 g/mol. The molecule has 5 rings (SSSR count). The number of aromatic nitrogens is 4. The van der Waals surface area contributed by atoms with Gasteiger partial charge in [0.25, 0.3) is 11.8 Å². The van der Waals surface area contributed by atoms with Crippen molar-refractivity contribution in [3.8, 4) is 11.5 Å². The zero-order chi connectivity index (χ0) is 23.3. The van der Waals surface area contributed by atoms with Crippen molar-refractivity contribution >= 4 is 11.7 Å². The zero-order valence-electron chi connectivity index (χ0n) is 17.3. The molecule has 2 aliphatic heterocycles. The number of benzene rings is 1. The van der Waals surface area contributed by atoms with Crippen LogP contribution >= 0.6 is 0 Å². The van der Waals surface area contributed by atoms with Gasteiger partial charge in [0.1, 0.15) is 11.6 Å². The molecule has 0 aliphatic carbocycles. The van der Waals surface area contributed by atoms with Crippen LogP contribution in [0.3, 0.4) is 0 Å². The van der Waals surface area contributed by atoms with Crippen LogP contribution in [0, 0.1) is 12.7 Å². The number of amides is 1. The number of anilines is 1. The third-order valence-electron chi connectivity index (χ3n) is 6.02. The fourth-order valence-corrected chi connectivity index (χ4v) is 4.62. The number of aryl methyl sites for hydroxylation is 1. The second-order valence-electron chi connectivity index (χ2n) is 8.12. The highest BCUT2D eigenvalue weighted by Gasteiger charge is 2.49. The van der Waals surface area contributed by atoms with Crippen molar-refractivity contribution in [1.29, 1.82) is 0 Å². The first-order chi connectivity index (χ1) is 15.7. The highest BCUT2D eigenvalue weighted by molar-refractivity contribution is 6.00. The van der Waals surface area contributed by atoms with Crippen LogP contribution in [0.25, 0.3) is 11.5 Å². The molecule has 1 amide bonds. The maximum Gasteiger partial charge on any atom is 0.434 e. The Kier molecular flexibility index (Phi) is 5.02. The number of hydrogen-bond donors (Lipinski definition) is 1. The van der Waals surface area contributed by atoms with Gasteiger partial charge in [0, 0.05) is 6.04 Å². The number of carbonyl (C=O) groups excluding carboxylic acids is 1. The van der Waals surface area contributed by atoms with E-state index in [0.29, 0.717) is 18.4 Å². The van der Waals surface area contributed by atoms with Gasteiger partial charge in [0.2, 0.25) is 0 Å². The number of nitrogens with zero attached hydrogens (tertiary/aromatic N) is 5. The van der Waals surface area contributed by atoms with Crippen molar-refractivity contribution in [2.75, 3.05) is 5.32 Å². The van der Waals surface area contributed by atoms with E-state index in [9.17, 15) is 22.4 Å². The minimum atomic E-state index is -4.56. The summed E-state index contributed by atoms with van der Waals surface area (Å²) in [6.45, 7) is 1.62. The lowest BCUT2D eigenvalue weighted by atomic mass is 9.95. The van der Waals surface area contributed by atoms with Crippen LogP contribution in [-0.2, 0) is 6.18 Å². The molecule has 2 saturated heterocycles. The Morgan fingerprint density at radius 3 is 2.70 bits per heavy atom. The third kappa shape index (κ3) is 3.89. The van der Waals surface area contributed by atoms with Crippen LogP contribution in [0.15, 0.2) is 35.1 Å². The lowest BCUT2D eigenvalue weighted by Gasteiger charge is -2.26. The first-order valence-corrected chi connectivity index (χ1v) is 10.3. The quantitative estimate of drug-likeness (QED) is 0.589. The van der Waals surface area contributed by atoms with E-state index in [2.05, 4.69) is 25.4 Å². The van der Waals surface area contributed by atoms with Crippen LogP contribution in [0.5, 0.6) is 0 Å². The van der Waals surface area contributed by atoms with Gasteiger partial charge in [-0.1, -0.05) is 5.16 Å². The fraction of sp³-hybridized carbons (Fsp3) is 0.381. The summed E-state index contributed by atoms with van der Waals surface area (Å²) in [7, 11) is 0. The summed E-state index contributed by atoms with van der Waals surface area (Å²) >= 11 is 0. The van der Waals surface area contributed by atoms with Gasteiger partial charge >= 0.3 is 6.18 Å². The molecule has 4 heterocycles. The Labute approximate surface area is 185 Å². The van der Waals surface area contributed by atoms with E-state index in [1.54, 1.807) is 11.8 Å². The SMILES string of the molecule is Cc1noc(-c2cc(F)ccc2C(=O)N2[C@@H]3CC[C@H]2[C@H](Nc2cnc(C(F)(F)F)cn2)C3)n1. The summed E-state index contributed by atoms with van der Waals surface area (Å²) in [5.74, 6) is -0.220. The number of halogens is 4. The molecule has 33 heavy (non-hydrogen) atoms. The predicted molar refractivity (Wildman–Crippen MR) is 106 cm³/mol. The van der Waals surface area contributed by atoms with Crippen LogP contribution in [0.1, 0.15) is 41.1 Å². The highest BCUT2D eigenvalue weighted by Crippen LogP contribution is 2.41. The predicted octanol–water partition coefficient (Wildman–Crippen LogP) is 3.85. The van der Waals surface area contributed by atoms with E-state index < -0.39 is 17.7 Å². The standard InChI is InChI=1S/C21H18F4N6O2/c1-10-28-19(33-30-10)14-6-11(22)2-4-13(14)20(32)31-12-3-5-16(31)15(7-12)29-18-9-26-17(8-27-18)21(23,24)25/h2,4,6,8-9,12,15-16H,3,5,7H2,1H3,(H,27,29)/t12-,15-,16+/m1/s1. The van der Waals surface area contributed by atoms with Crippen molar-refractivity contribution in [2.45, 2.75) is 50.5 Å². The Hall–Kier alpha value is -3.57. The van der Waals surface area contributed by atoms with E-state index in [4.69, 9.17) is 4.52 Å². The summed E-state index contributed by atoms with van der Waals surface area (Å²) in [5, 5.41) is 6.83. The molecule has 0 saturated carbocycles.